The summed E-state index contributed by atoms with van der Waals surface area (Å²) in [6, 6.07) is -0.191. The van der Waals surface area contributed by atoms with E-state index in [4.69, 9.17) is 0 Å². The van der Waals surface area contributed by atoms with E-state index in [9.17, 15) is 13.6 Å². The Morgan fingerprint density at radius 3 is 2.40 bits per heavy atom. The first-order chi connectivity index (χ1) is 6.86. The second-order valence-corrected chi connectivity index (χ2v) is 5.77. The molecule has 86 valence electrons. The van der Waals surface area contributed by atoms with E-state index in [0.717, 1.165) is 6.42 Å². The monoisotopic (exact) mass is 329 g/mol. The van der Waals surface area contributed by atoms with Gasteiger partial charge in [0.05, 0.1) is 5.54 Å². The minimum absolute atomic E-state index is 0.0510. The largest absolute Gasteiger partial charge is 0.301 e. The Bertz CT molecular complexity index is 297. The van der Waals surface area contributed by atoms with Crippen molar-refractivity contribution in [1.82, 2.24) is 5.32 Å². The third-order valence-corrected chi connectivity index (χ3v) is 4.49. The highest BCUT2D eigenvalue weighted by Gasteiger charge is 2.58. The van der Waals surface area contributed by atoms with Crippen LogP contribution in [-0.4, -0.2) is 21.3 Å². The van der Waals surface area contributed by atoms with Crippen LogP contribution in [0, 0.1) is 5.92 Å². The summed E-state index contributed by atoms with van der Waals surface area (Å²) in [6.07, 6.45) is 1.10. The third-order valence-electron chi connectivity index (χ3n) is 3.53. The van der Waals surface area contributed by atoms with Crippen molar-refractivity contribution in [2.24, 2.45) is 5.92 Å². The van der Waals surface area contributed by atoms with Crippen LogP contribution >= 0.6 is 22.6 Å². The lowest BCUT2D eigenvalue weighted by Crippen LogP contribution is -2.44. The van der Waals surface area contributed by atoms with Crippen molar-refractivity contribution in [2.75, 3.05) is 0 Å². The van der Waals surface area contributed by atoms with Gasteiger partial charge >= 0.3 is 0 Å². The lowest BCUT2D eigenvalue weighted by atomic mass is 10.1. The van der Waals surface area contributed by atoms with E-state index in [1.54, 1.807) is 22.6 Å². The minimum Gasteiger partial charge on any atom is -0.301 e. The van der Waals surface area contributed by atoms with Gasteiger partial charge in [0.2, 0.25) is 9.71 Å². The predicted molar refractivity (Wildman–Crippen MR) is 61.3 cm³/mol. The molecule has 0 amide bonds. The van der Waals surface area contributed by atoms with Crippen LogP contribution in [0.5, 0.6) is 0 Å². The molecule has 0 radical (unpaired) electrons. The molecule has 0 bridgehead atoms. The van der Waals surface area contributed by atoms with Crippen molar-refractivity contribution in [3.63, 3.8) is 0 Å². The number of hydrogen-bond donors (Lipinski definition) is 1. The maximum Gasteiger partial charge on any atom is 0.249 e. The van der Waals surface area contributed by atoms with Gasteiger partial charge in [-0.15, -0.1) is 0 Å². The molecule has 0 saturated heterocycles. The molecule has 15 heavy (non-hydrogen) atoms. The van der Waals surface area contributed by atoms with Crippen LogP contribution in [0.3, 0.4) is 0 Å². The third kappa shape index (κ3) is 2.18. The smallest absolute Gasteiger partial charge is 0.249 e. The fourth-order valence-corrected chi connectivity index (χ4v) is 3.30. The van der Waals surface area contributed by atoms with Crippen LogP contribution in [0.2, 0.25) is 0 Å². The van der Waals surface area contributed by atoms with Gasteiger partial charge < -0.3 is 5.32 Å². The molecule has 0 aromatic rings. The Morgan fingerprint density at radius 2 is 2.07 bits per heavy atom. The number of alkyl halides is 2. The Morgan fingerprint density at radius 1 is 1.47 bits per heavy atom. The molecule has 2 fully saturated rings. The van der Waals surface area contributed by atoms with Crippen molar-refractivity contribution in [3.05, 3.63) is 0 Å². The van der Waals surface area contributed by atoms with Gasteiger partial charge in [0.1, 0.15) is 0 Å². The molecule has 2 saturated carbocycles. The van der Waals surface area contributed by atoms with E-state index in [1.165, 1.54) is 0 Å². The normalized spacial score (nSPS) is 42.9. The molecule has 0 aliphatic heterocycles. The molecule has 3 atom stereocenters. The Hall–Kier alpha value is 0.220. The molecule has 5 heteroatoms. The first-order valence-electron chi connectivity index (χ1n) is 5.21. The van der Waals surface area contributed by atoms with Crippen molar-refractivity contribution in [2.45, 2.75) is 50.1 Å². The van der Waals surface area contributed by atoms with Crippen LogP contribution in [0.15, 0.2) is 0 Å². The molecule has 2 aliphatic rings. The van der Waals surface area contributed by atoms with Crippen molar-refractivity contribution < 1.29 is 13.6 Å². The second kappa shape index (κ2) is 3.61. The van der Waals surface area contributed by atoms with E-state index >= 15 is 0 Å². The summed E-state index contributed by atoms with van der Waals surface area (Å²) in [6.45, 7) is 1.98. The molecule has 2 nitrogen and oxygen atoms in total. The summed E-state index contributed by atoms with van der Waals surface area (Å²) in [7, 11) is 0. The number of carbonyl (C=O) groups is 1. The fraction of sp³-hybridized carbons (Fsp3) is 0.900. The highest BCUT2D eigenvalue weighted by molar-refractivity contribution is 14.1. The number of halogens is 3. The molecular weight excluding hydrogens is 315 g/mol. The zero-order valence-corrected chi connectivity index (χ0v) is 10.7. The predicted octanol–water partition coefficient (Wildman–Crippen LogP) is 2.50. The number of nitrogens with one attached hydrogen (secondary N) is 1. The molecule has 1 N–H and O–H groups in total. The average molecular weight is 329 g/mol. The van der Waals surface area contributed by atoms with Crippen molar-refractivity contribution >= 4 is 26.4 Å². The van der Waals surface area contributed by atoms with Gasteiger partial charge in [0.15, 0.2) is 0 Å². The van der Waals surface area contributed by atoms with Gasteiger partial charge in [-0.3, -0.25) is 4.79 Å². The quantitative estimate of drug-likeness (QED) is 0.637. The number of rotatable bonds is 3. The highest BCUT2D eigenvalue weighted by atomic mass is 127. The zero-order valence-electron chi connectivity index (χ0n) is 8.53. The molecule has 2 aliphatic carbocycles. The van der Waals surface area contributed by atoms with Crippen LogP contribution in [0.4, 0.5) is 8.78 Å². The zero-order chi connectivity index (χ0) is 11.3. The molecule has 0 aromatic carbocycles. The van der Waals surface area contributed by atoms with Gasteiger partial charge in [-0.1, -0.05) is 6.92 Å². The van der Waals surface area contributed by atoms with Crippen molar-refractivity contribution in [3.8, 4) is 0 Å². The molecule has 2 unspecified atom stereocenters. The number of hydrogen-bond acceptors (Lipinski definition) is 2. The lowest BCUT2D eigenvalue weighted by Gasteiger charge is -2.20. The maximum absolute atomic E-state index is 13.0. The van der Waals surface area contributed by atoms with Gasteiger partial charge in [-0.2, -0.15) is 0 Å². The minimum atomic E-state index is -2.54. The van der Waals surface area contributed by atoms with Crippen LogP contribution in [-0.2, 0) is 4.79 Å². The van der Waals surface area contributed by atoms with E-state index < -0.39 is 11.5 Å². The van der Waals surface area contributed by atoms with Gasteiger partial charge in [-0.25, -0.2) is 8.78 Å². The van der Waals surface area contributed by atoms with E-state index in [1.807, 2.05) is 6.92 Å². The Kier molecular flexibility index (Phi) is 2.82. The topological polar surface area (TPSA) is 29.1 Å². The molecule has 0 aromatic heterocycles. The van der Waals surface area contributed by atoms with E-state index in [0.29, 0.717) is 6.42 Å². The standard InChI is InChI=1S/C10H14F2INO/c1-6-4-10(6,8(13)15)14-7-2-3-9(11,12)5-7/h6-7,14H,2-5H2,1H3/t6?,7?,10-/m0/s1. The molecular formula is C10H14F2INO. The van der Waals surface area contributed by atoms with E-state index in [2.05, 4.69) is 5.32 Å². The molecule has 0 heterocycles. The van der Waals surface area contributed by atoms with Crippen LogP contribution in [0.1, 0.15) is 32.6 Å². The summed E-state index contributed by atoms with van der Waals surface area (Å²) in [4.78, 5) is 11.4. The molecule has 0 spiro atoms. The first-order valence-corrected chi connectivity index (χ1v) is 6.29. The average Bonchev–Trinajstić information content (AvgIpc) is 2.60. The summed E-state index contributed by atoms with van der Waals surface area (Å²) < 4.78 is 26.0. The van der Waals surface area contributed by atoms with Gasteiger partial charge in [0, 0.05) is 41.5 Å². The molecule has 2 rings (SSSR count). The van der Waals surface area contributed by atoms with Crippen LogP contribution in [0.25, 0.3) is 0 Å². The SMILES string of the molecule is CC1C[C@@]1(NC1CCC(F)(F)C1)C(=O)I. The van der Waals surface area contributed by atoms with Gasteiger partial charge in [-0.05, 0) is 18.8 Å². The summed E-state index contributed by atoms with van der Waals surface area (Å²) in [5.74, 6) is -2.25. The Balaban J connectivity index is 1.96. The van der Waals surface area contributed by atoms with Crippen LogP contribution < -0.4 is 5.32 Å². The highest BCUT2D eigenvalue weighted by Crippen LogP contribution is 2.47. The second-order valence-electron chi connectivity index (χ2n) is 4.79. The fourth-order valence-electron chi connectivity index (χ4n) is 2.39. The van der Waals surface area contributed by atoms with E-state index in [-0.39, 0.29) is 28.6 Å². The summed E-state index contributed by atoms with van der Waals surface area (Å²) >= 11 is 1.77. The first kappa shape index (κ1) is 11.7. The van der Waals surface area contributed by atoms with Gasteiger partial charge in [0.25, 0.3) is 0 Å². The summed E-state index contributed by atoms with van der Waals surface area (Å²) in [5, 5.41) is 3.13. The summed E-state index contributed by atoms with van der Waals surface area (Å²) in [5.41, 5.74) is -0.494. The lowest BCUT2D eigenvalue weighted by molar-refractivity contribution is -0.112. The van der Waals surface area contributed by atoms with Crippen molar-refractivity contribution in [1.29, 1.82) is 0 Å². The number of carbonyl (C=O) groups excluding carboxylic acids is 1. The Labute approximate surface area is 101 Å². The maximum atomic E-state index is 13.0.